The summed E-state index contributed by atoms with van der Waals surface area (Å²) >= 11 is 9.27. The summed E-state index contributed by atoms with van der Waals surface area (Å²) in [6.45, 7) is 3.46. The van der Waals surface area contributed by atoms with E-state index in [0.717, 1.165) is 23.3 Å². The van der Waals surface area contributed by atoms with Crippen molar-refractivity contribution in [2.24, 2.45) is 0 Å². The van der Waals surface area contributed by atoms with Gasteiger partial charge in [-0.2, -0.15) is 0 Å². The van der Waals surface area contributed by atoms with Crippen molar-refractivity contribution in [1.82, 2.24) is 4.90 Å². The third kappa shape index (κ3) is 6.58. The van der Waals surface area contributed by atoms with Crippen LogP contribution in [0.3, 0.4) is 0 Å². The number of methoxy groups -OCH3 is 1. The van der Waals surface area contributed by atoms with Crippen molar-refractivity contribution in [1.29, 1.82) is 0 Å². The predicted molar refractivity (Wildman–Crippen MR) is 80.0 cm³/mol. The highest BCUT2D eigenvalue weighted by Crippen LogP contribution is 2.27. The summed E-state index contributed by atoms with van der Waals surface area (Å²) in [6, 6.07) is 5.42. The maximum Gasteiger partial charge on any atom is 0.133 e. The first kappa shape index (κ1) is 16.7. The van der Waals surface area contributed by atoms with Crippen molar-refractivity contribution in [3.8, 4) is 5.75 Å². The lowest BCUT2D eigenvalue weighted by atomic mass is 10.3. The van der Waals surface area contributed by atoms with Crippen molar-refractivity contribution in [3.05, 3.63) is 27.7 Å². The molecule has 1 aromatic carbocycles. The van der Waals surface area contributed by atoms with E-state index in [1.165, 1.54) is 0 Å². The van der Waals surface area contributed by atoms with Gasteiger partial charge < -0.3 is 14.6 Å². The summed E-state index contributed by atoms with van der Waals surface area (Å²) in [5.74, 6) is 0.764. The normalized spacial score (nSPS) is 11.0. The van der Waals surface area contributed by atoms with Crippen molar-refractivity contribution in [3.63, 3.8) is 0 Å². The summed E-state index contributed by atoms with van der Waals surface area (Å²) in [5.41, 5.74) is 0. The minimum absolute atomic E-state index is 0.133. The Kier molecular flexibility index (Phi) is 8.41. The van der Waals surface area contributed by atoms with E-state index in [0.29, 0.717) is 24.8 Å². The highest BCUT2D eigenvalue weighted by Gasteiger charge is 2.06. The topological polar surface area (TPSA) is 41.9 Å². The van der Waals surface area contributed by atoms with E-state index in [-0.39, 0.29) is 6.61 Å². The zero-order valence-corrected chi connectivity index (χ0v) is 13.3. The molecule has 0 radical (unpaired) electrons. The average Bonchev–Trinajstić information content (AvgIpc) is 2.38. The van der Waals surface area contributed by atoms with Gasteiger partial charge in [0.2, 0.25) is 0 Å². The van der Waals surface area contributed by atoms with Crippen LogP contribution in [0.1, 0.15) is 0 Å². The molecule has 6 heteroatoms. The van der Waals surface area contributed by atoms with Gasteiger partial charge in [-0.25, -0.2) is 0 Å². The van der Waals surface area contributed by atoms with Crippen LogP contribution in [0.15, 0.2) is 22.7 Å². The number of ether oxygens (including phenoxy) is 2. The smallest absolute Gasteiger partial charge is 0.133 e. The fourth-order valence-electron chi connectivity index (χ4n) is 1.57. The Labute approximate surface area is 127 Å². The molecule has 0 aliphatic carbocycles. The summed E-state index contributed by atoms with van der Waals surface area (Å²) in [5, 5.41) is 9.65. The van der Waals surface area contributed by atoms with Gasteiger partial charge in [-0.3, -0.25) is 4.90 Å². The maximum absolute atomic E-state index is 8.98. The number of benzene rings is 1. The standard InChI is InChI=1S/C13H19BrClNO3/c1-18-8-5-16(4-7-17)6-9-19-13-3-2-11(15)10-12(13)14/h2-3,10,17H,4-9H2,1H3. The SMILES string of the molecule is COCCN(CCO)CCOc1ccc(Cl)cc1Br. The minimum atomic E-state index is 0.133. The van der Waals surface area contributed by atoms with Crippen LogP contribution in [0.25, 0.3) is 0 Å². The largest absolute Gasteiger partial charge is 0.491 e. The zero-order valence-electron chi connectivity index (χ0n) is 10.9. The lowest BCUT2D eigenvalue weighted by Gasteiger charge is -2.21. The van der Waals surface area contributed by atoms with Gasteiger partial charge in [-0.1, -0.05) is 11.6 Å². The number of hydrogen-bond donors (Lipinski definition) is 1. The number of aliphatic hydroxyl groups excluding tert-OH is 1. The van der Waals surface area contributed by atoms with Crippen LogP contribution in [-0.2, 0) is 4.74 Å². The molecular formula is C13H19BrClNO3. The molecule has 0 unspecified atom stereocenters. The van der Waals surface area contributed by atoms with E-state index in [4.69, 9.17) is 26.2 Å². The Hall–Kier alpha value is -0.330. The molecule has 1 N–H and O–H groups in total. The fourth-order valence-corrected chi connectivity index (χ4v) is 2.37. The molecule has 0 fully saturated rings. The first-order valence-electron chi connectivity index (χ1n) is 6.07. The van der Waals surface area contributed by atoms with E-state index in [2.05, 4.69) is 20.8 Å². The van der Waals surface area contributed by atoms with E-state index < -0.39 is 0 Å². The Bertz CT molecular complexity index is 379. The van der Waals surface area contributed by atoms with E-state index in [1.807, 2.05) is 6.07 Å². The van der Waals surface area contributed by atoms with Gasteiger partial charge >= 0.3 is 0 Å². The number of halogens is 2. The van der Waals surface area contributed by atoms with E-state index in [1.54, 1.807) is 19.2 Å². The minimum Gasteiger partial charge on any atom is -0.491 e. The van der Waals surface area contributed by atoms with Gasteiger partial charge in [0.15, 0.2) is 0 Å². The summed E-state index contributed by atoms with van der Waals surface area (Å²) in [7, 11) is 1.67. The first-order chi connectivity index (χ1) is 9.17. The molecule has 4 nitrogen and oxygen atoms in total. The molecule has 0 heterocycles. The van der Waals surface area contributed by atoms with Crippen molar-refractivity contribution < 1.29 is 14.6 Å². The molecule has 1 rings (SSSR count). The molecule has 108 valence electrons. The fraction of sp³-hybridized carbons (Fsp3) is 0.538. The number of rotatable bonds is 9. The molecule has 0 atom stereocenters. The Morgan fingerprint density at radius 1 is 1.26 bits per heavy atom. The predicted octanol–water partition coefficient (Wildman–Crippen LogP) is 2.42. The molecule has 0 saturated carbocycles. The molecule has 19 heavy (non-hydrogen) atoms. The maximum atomic E-state index is 8.98. The summed E-state index contributed by atoms with van der Waals surface area (Å²) in [4.78, 5) is 2.09. The van der Waals surface area contributed by atoms with Gasteiger partial charge in [0.05, 0.1) is 17.7 Å². The van der Waals surface area contributed by atoms with Crippen LogP contribution in [0, 0.1) is 0 Å². The monoisotopic (exact) mass is 351 g/mol. The van der Waals surface area contributed by atoms with Crippen LogP contribution >= 0.6 is 27.5 Å². The summed E-state index contributed by atoms with van der Waals surface area (Å²) in [6.07, 6.45) is 0. The molecule has 0 aliphatic heterocycles. The van der Waals surface area contributed by atoms with Gasteiger partial charge in [-0.05, 0) is 34.1 Å². The van der Waals surface area contributed by atoms with Gasteiger partial charge in [0.25, 0.3) is 0 Å². The molecular weight excluding hydrogens is 334 g/mol. The number of hydrogen-bond acceptors (Lipinski definition) is 4. The molecule has 0 aromatic heterocycles. The van der Waals surface area contributed by atoms with Crippen LogP contribution in [0.2, 0.25) is 5.02 Å². The third-order valence-corrected chi connectivity index (χ3v) is 3.44. The van der Waals surface area contributed by atoms with Gasteiger partial charge in [0.1, 0.15) is 12.4 Å². The van der Waals surface area contributed by atoms with Crippen LogP contribution < -0.4 is 4.74 Å². The van der Waals surface area contributed by atoms with Gasteiger partial charge in [0, 0.05) is 31.8 Å². The average molecular weight is 353 g/mol. The molecule has 1 aromatic rings. The Morgan fingerprint density at radius 3 is 2.63 bits per heavy atom. The second-order valence-corrected chi connectivity index (χ2v) is 5.27. The Balaban J connectivity index is 2.38. The third-order valence-electron chi connectivity index (χ3n) is 2.59. The second kappa shape index (κ2) is 9.55. The number of nitrogens with zero attached hydrogens (tertiary/aromatic N) is 1. The first-order valence-corrected chi connectivity index (χ1v) is 7.24. The Morgan fingerprint density at radius 2 is 2.00 bits per heavy atom. The van der Waals surface area contributed by atoms with Crippen LogP contribution in [-0.4, -0.2) is 56.6 Å². The van der Waals surface area contributed by atoms with Crippen molar-refractivity contribution in [2.75, 3.05) is 46.6 Å². The quantitative estimate of drug-likeness (QED) is 0.741. The molecule has 0 saturated heterocycles. The zero-order chi connectivity index (χ0) is 14.1. The second-order valence-electron chi connectivity index (χ2n) is 3.98. The highest BCUT2D eigenvalue weighted by atomic mass is 79.9. The molecule has 0 aliphatic rings. The lowest BCUT2D eigenvalue weighted by molar-refractivity contribution is 0.118. The van der Waals surface area contributed by atoms with E-state index in [9.17, 15) is 0 Å². The molecule has 0 bridgehead atoms. The number of aliphatic hydroxyl groups is 1. The van der Waals surface area contributed by atoms with Crippen molar-refractivity contribution in [2.45, 2.75) is 0 Å². The highest BCUT2D eigenvalue weighted by molar-refractivity contribution is 9.10. The van der Waals surface area contributed by atoms with Crippen LogP contribution in [0.4, 0.5) is 0 Å². The summed E-state index contributed by atoms with van der Waals surface area (Å²) < 4.78 is 11.5. The van der Waals surface area contributed by atoms with Gasteiger partial charge in [-0.15, -0.1) is 0 Å². The molecule has 0 spiro atoms. The van der Waals surface area contributed by atoms with Crippen LogP contribution in [0.5, 0.6) is 5.75 Å². The lowest BCUT2D eigenvalue weighted by Crippen LogP contribution is -2.33. The van der Waals surface area contributed by atoms with E-state index >= 15 is 0 Å². The van der Waals surface area contributed by atoms with Crippen molar-refractivity contribution >= 4 is 27.5 Å². The molecule has 0 amide bonds.